The van der Waals surface area contributed by atoms with E-state index in [4.69, 9.17) is 0 Å². The van der Waals surface area contributed by atoms with Crippen molar-refractivity contribution in [2.75, 3.05) is 0 Å². The fraction of sp³-hybridized carbons (Fsp3) is 0.611. The smallest absolute Gasteiger partial charge is 0.108 e. The molecule has 1 aromatic carbocycles. The molecule has 1 unspecified atom stereocenters. The molecule has 0 aromatic heterocycles. The molecule has 0 aliphatic heterocycles. The van der Waals surface area contributed by atoms with Crippen LogP contribution in [0.4, 0.5) is 0 Å². The van der Waals surface area contributed by atoms with E-state index in [1.165, 1.54) is 12.0 Å². The van der Waals surface area contributed by atoms with Crippen molar-refractivity contribution < 1.29 is 5.11 Å². The van der Waals surface area contributed by atoms with Crippen molar-refractivity contribution in [1.29, 1.82) is 5.26 Å². The van der Waals surface area contributed by atoms with Gasteiger partial charge in [0.1, 0.15) is 5.60 Å². The van der Waals surface area contributed by atoms with E-state index >= 15 is 0 Å². The summed E-state index contributed by atoms with van der Waals surface area (Å²) in [7, 11) is 0. The first-order valence-corrected chi connectivity index (χ1v) is 7.94. The third-order valence-corrected chi connectivity index (χ3v) is 5.41. The topological polar surface area (TPSA) is 44.0 Å². The molecule has 1 N–H and O–H groups in total. The Morgan fingerprint density at radius 2 is 1.65 bits per heavy atom. The van der Waals surface area contributed by atoms with E-state index in [0.29, 0.717) is 0 Å². The first kappa shape index (κ1) is 13.6. The van der Waals surface area contributed by atoms with Gasteiger partial charge in [-0.25, -0.2) is 0 Å². The highest BCUT2D eigenvalue weighted by molar-refractivity contribution is 5.37. The van der Waals surface area contributed by atoms with Gasteiger partial charge in [-0.1, -0.05) is 43.5 Å². The zero-order valence-electron chi connectivity index (χ0n) is 12.1. The van der Waals surface area contributed by atoms with E-state index in [1.54, 1.807) is 0 Å². The van der Waals surface area contributed by atoms with Crippen LogP contribution in [0.1, 0.15) is 62.5 Å². The molecular formula is C18H23NO. The zero-order chi connectivity index (χ0) is 14.1. The molecule has 0 spiro atoms. The highest BCUT2D eigenvalue weighted by atomic mass is 16.3. The van der Waals surface area contributed by atoms with Gasteiger partial charge in [0.25, 0.3) is 0 Å². The second-order valence-electron chi connectivity index (χ2n) is 6.48. The highest BCUT2D eigenvalue weighted by Gasteiger charge is 2.52. The number of nitriles is 1. The Hall–Kier alpha value is -1.33. The molecule has 1 aromatic rings. The van der Waals surface area contributed by atoms with Crippen LogP contribution in [0.15, 0.2) is 24.3 Å². The van der Waals surface area contributed by atoms with E-state index < -0.39 is 11.0 Å². The van der Waals surface area contributed by atoms with Crippen LogP contribution in [0.5, 0.6) is 0 Å². The lowest BCUT2D eigenvalue weighted by molar-refractivity contribution is -0.0858. The maximum Gasteiger partial charge on any atom is 0.108 e. The van der Waals surface area contributed by atoms with Crippen molar-refractivity contribution in [3.8, 4) is 6.07 Å². The van der Waals surface area contributed by atoms with Gasteiger partial charge in [0.2, 0.25) is 0 Å². The molecule has 2 aliphatic rings. The lowest BCUT2D eigenvalue weighted by Gasteiger charge is -2.45. The quantitative estimate of drug-likeness (QED) is 0.781. The number of hydrogen-bond donors (Lipinski definition) is 1. The largest absolute Gasteiger partial charge is 0.383 e. The van der Waals surface area contributed by atoms with Gasteiger partial charge in [0, 0.05) is 0 Å². The van der Waals surface area contributed by atoms with Crippen LogP contribution in [0.25, 0.3) is 0 Å². The molecule has 0 saturated heterocycles. The second kappa shape index (κ2) is 5.22. The van der Waals surface area contributed by atoms with Gasteiger partial charge >= 0.3 is 0 Å². The van der Waals surface area contributed by atoms with E-state index in [0.717, 1.165) is 56.9 Å². The summed E-state index contributed by atoms with van der Waals surface area (Å²) in [6.45, 7) is 0. The molecule has 106 valence electrons. The average molecular weight is 269 g/mol. The van der Waals surface area contributed by atoms with Crippen LogP contribution >= 0.6 is 0 Å². The maximum absolute atomic E-state index is 11.6. The number of benzene rings is 1. The Labute approximate surface area is 121 Å². The molecule has 1 saturated carbocycles. The predicted octanol–water partition coefficient (Wildman–Crippen LogP) is 4.07. The molecule has 1 fully saturated rings. The van der Waals surface area contributed by atoms with Crippen molar-refractivity contribution in [2.45, 2.75) is 63.4 Å². The van der Waals surface area contributed by atoms with E-state index in [1.807, 2.05) is 18.2 Å². The Balaban J connectivity index is 2.12. The number of rotatable bonds is 1. The van der Waals surface area contributed by atoms with Crippen LogP contribution in [-0.2, 0) is 12.0 Å². The summed E-state index contributed by atoms with van der Waals surface area (Å²) in [5, 5.41) is 21.4. The molecular weight excluding hydrogens is 246 g/mol. The van der Waals surface area contributed by atoms with Crippen LogP contribution in [-0.4, -0.2) is 5.11 Å². The Morgan fingerprint density at radius 1 is 0.950 bits per heavy atom. The minimum atomic E-state index is -0.949. The Bertz CT molecular complexity index is 524. The van der Waals surface area contributed by atoms with Gasteiger partial charge in [0.15, 0.2) is 0 Å². The van der Waals surface area contributed by atoms with Crippen molar-refractivity contribution in [3.63, 3.8) is 0 Å². The molecule has 2 nitrogen and oxygen atoms in total. The second-order valence-corrected chi connectivity index (χ2v) is 6.48. The molecule has 0 bridgehead atoms. The SMILES string of the molecule is N#CC1(C2(O)CCCCc3ccccc32)CCCCC1. The fourth-order valence-corrected chi connectivity index (χ4v) is 4.24. The number of aryl methyl sites for hydroxylation is 1. The Morgan fingerprint density at radius 3 is 2.40 bits per heavy atom. The first-order chi connectivity index (χ1) is 9.72. The van der Waals surface area contributed by atoms with Crippen molar-refractivity contribution >= 4 is 0 Å². The summed E-state index contributed by atoms with van der Waals surface area (Å²) < 4.78 is 0. The molecule has 20 heavy (non-hydrogen) atoms. The van der Waals surface area contributed by atoms with E-state index in [-0.39, 0.29) is 0 Å². The van der Waals surface area contributed by atoms with E-state index in [9.17, 15) is 10.4 Å². The number of nitrogens with zero attached hydrogens (tertiary/aromatic N) is 1. The number of fused-ring (bicyclic) bond motifs is 1. The van der Waals surface area contributed by atoms with Crippen LogP contribution < -0.4 is 0 Å². The van der Waals surface area contributed by atoms with E-state index in [2.05, 4.69) is 12.1 Å². The van der Waals surface area contributed by atoms with Gasteiger partial charge in [-0.2, -0.15) is 5.26 Å². The molecule has 3 rings (SSSR count). The third kappa shape index (κ3) is 1.96. The summed E-state index contributed by atoms with van der Waals surface area (Å²) in [4.78, 5) is 0. The lowest BCUT2D eigenvalue weighted by Crippen LogP contribution is -2.46. The Kier molecular flexibility index (Phi) is 3.56. The molecule has 2 heteroatoms. The van der Waals surface area contributed by atoms with Crippen LogP contribution in [0, 0.1) is 16.7 Å². The minimum Gasteiger partial charge on any atom is -0.383 e. The zero-order valence-corrected chi connectivity index (χ0v) is 12.1. The van der Waals surface area contributed by atoms with Crippen molar-refractivity contribution in [1.82, 2.24) is 0 Å². The van der Waals surface area contributed by atoms with Crippen molar-refractivity contribution in [2.24, 2.45) is 5.41 Å². The van der Waals surface area contributed by atoms with Gasteiger partial charge in [0.05, 0.1) is 11.5 Å². The lowest BCUT2D eigenvalue weighted by atomic mass is 9.60. The average Bonchev–Trinajstić information content (AvgIpc) is 2.69. The minimum absolute atomic E-state index is 0.578. The monoisotopic (exact) mass is 269 g/mol. The standard InChI is InChI=1S/C18H23NO/c19-14-17(11-5-1-6-12-17)18(20)13-7-4-9-15-8-2-3-10-16(15)18/h2-3,8,10,20H,1,4-7,9,11-13H2. The van der Waals surface area contributed by atoms with Crippen LogP contribution in [0.3, 0.4) is 0 Å². The fourth-order valence-electron chi connectivity index (χ4n) is 4.24. The van der Waals surface area contributed by atoms with Gasteiger partial charge in [-0.15, -0.1) is 0 Å². The number of aliphatic hydroxyl groups is 1. The van der Waals surface area contributed by atoms with Gasteiger partial charge in [-0.05, 0) is 49.7 Å². The molecule has 0 radical (unpaired) electrons. The summed E-state index contributed by atoms with van der Waals surface area (Å²) in [6.07, 6.45) is 8.90. The van der Waals surface area contributed by atoms with Crippen molar-refractivity contribution in [3.05, 3.63) is 35.4 Å². The summed E-state index contributed by atoms with van der Waals surface area (Å²) in [5.41, 5.74) is 0.745. The van der Waals surface area contributed by atoms with Gasteiger partial charge < -0.3 is 5.11 Å². The summed E-state index contributed by atoms with van der Waals surface area (Å²) in [6, 6.07) is 10.8. The number of hydrogen-bond acceptors (Lipinski definition) is 2. The predicted molar refractivity (Wildman–Crippen MR) is 79.0 cm³/mol. The summed E-state index contributed by atoms with van der Waals surface area (Å²) in [5.74, 6) is 0. The maximum atomic E-state index is 11.6. The molecule has 0 amide bonds. The first-order valence-electron chi connectivity index (χ1n) is 7.94. The normalized spacial score (nSPS) is 29.0. The molecule has 2 aliphatic carbocycles. The highest BCUT2D eigenvalue weighted by Crippen LogP contribution is 2.53. The van der Waals surface area contributed by atoms with Gasteiger partial charge in [-0.3, -0.25) is 0 Å². The van der Waals surface area contributed by atoms with Crippen LogP contribution in [0.2, 0.25) is 0 Å². The molecule has 1 atom stereocenters. The molecule has 0 heterocycles. The summed E-state index contributed by atoms with van der Waals surface area (Å²) >= 11 is 0. The third-order valence-electron chi connectivity index (χ3n) is 5.41.